The molecular formula is C12H14ClN3. The number of nitrogens with one attached hydrogen (secondary N) is 1. The number of imidazole rings is 1. The predicted molar refractivity (Wildman–Crippen MR) is 67.5 cm³/mol. The summed E-state index contributed by atoms with van der Waals surface area (Å²) in [6.07, 6.45) is 1.83. The molecule has 3 nitrogen and oxygen atoms in total. The second-order valence-corrected chi connectivity index (χ2v) is 4.49. The maximum Gasteiger partial charge on any atom is 0.139 e. The topological polar surface area (TPSA) is 54.7 Å². The first-order valence-electron chi connectivity index (χ1n) is 5.18. The average molecular weight is 236 g/mol. The first-order chi connectivity index (χ1) is 7.58. The van der Waals surface area contributed by atoms with Crippen LogP contribution in [-0.2, 0) is 0 Å². The summed E-state index contributed by atoms with van der Waals surface area (Å²) in [5.74, 6) is 1.18. The van der Waals surface area contributed by atoms with Crippen LogP contribution in [0.4, 0.5) is 5.69 Å². The average Bonchev–Trinajstić information content (AvgIpc) is 2.70. The molecule has 2 aromatic rings. The molecule has 1 heterocycles. The molecule has 2 rings (SSSR count). The van der Waals surface area contributed by atoms with Crippen LogP contribution in [0.1, 0.15) is 25.5 Å². The normalized spacial score (nSPS) is 11.0. The number of halogens is 1. The molecule has 84 valence electrons. The number of rotatable bonds is 2. The van der Waals surface area contributed by atoms with Crippen LogP contribution in [0.3, 0.4) is 0 Å². The van der Waals surface area contributed by atoms with Gasteiger partial charge in [-0.15, -0.1) is 0 Å². The Labute approximate surface area is 99.7 Å². The lowest BCUT2D eigenvalue weighted by molar-refractivity contribution is 0.833. The first kappa shape index (κ1) is 11.0. The Morgan fingerprint density at radius 2 is 2.12 bits per heavy atom. The Bertz CT molecular complexity index is 503. The monoisotopic (exact) mass is 235 g/mol. The van der Waals surface area contributed by atoms with E-state index in [1.165, 1.54) is 0 Å². The maximum absolute atomic E-state index is 6.10. The lowest BCUT2D eigenvalue weighted by atomic mass is 10.1. The number of aromatic amines is 1. The number of hydrogen-bond acceptors (Lipinski definition) is 2. The Balaban J connectivity index is 2.46. The van der Waals surface area contributed by atoms with Gasteiger partial charge in [0.05, 0.1) is 5.02 Å². The van der Waals surface area contributed by atoms with Gasteiger partial charge in [0, 0.05) is 23.1 Å². The highest BCUT2D eigenvalue weighted by molar-refractivity contribution is 6.33. The van der Waals surface area contributed by atoms with E-state index in [9.17, 15) is 0 Å². The van der Waals surface area contributed by atoms with E-state index in [1.807, 2.05) is 12.3 Å². The summed E-state index contributed by atoms with van der Waals surface area (Å²) in [7, 11) is 0. The third-order valence-corrected chi connectivity index (χ3v) is 2.79. The highest BCUT2D eigenvalue weighted by atomic mass is 35.5. The van der Waals surface area contributed by atoms with E-state index in [-0.39, 0.29) is 0 Å². The van der Waals surface area contributed by atoms with E-state index >= 15 is 0 Å². The summed E-state index contributed by atoms with van der Waals surface area (Å²) in [6, 6.07) is 5.38. The van der Waals surface area contributed by atoms with Crippen LogP contribution in [0.15, 0.2) is 24.4 Å². The molecule has 0 unspecified atom stereocenters. The Morgan fingerprint density at radius 3 is 2.75 bits per heavy atom. The van der Waals surface area contributed by atoms with Crippen molar-refractivity contribution in [3.63, 3.8) is 0 Å². The third-order valence-electron chi connectivity index (χ3n) is 2.46. The smallest absolute Gasteiger partial charge is 0.139 e. The largest absolute Gasteiger partial charge is 0.399 e. The van der Waals surface area contributed by atoms with Crippen LogP contribution in [0.2, 0.25) is 5.02 Å². The van der Waals surface area contributed by atoms with E-state index in [0.29, 0.717) is 16.6 Å². The number of nitrogen functional groups attached to an aromatic ring is 1. The van der Waals surface area contributed by atoms with E-state index in [1.54, 1.807) is 12.1 Å². The molecule has 0 spiro atoms. The molecule has 0 amide bonds. The zero-order valence-electron chi connectivity index (χ0n) is 9.29. The molecule has 16 heavy (non-hydrogen) atoms. The highest BCUT2D eigenvalue weighted by Gasteiger charge is 2.09. The molecular weight excluding hydrogens is 222 g/mol. The molecule has 1 aromatic heterocycles. The molecule has 0 aliphatic heterocycles. The Kier molecular flexibility index (Phi) is 2.88. The van der Waals surface area contributed by atoms with Crippen LogP contribution >= 0.6 is 11.6 Å². The van der Waals surface area contributed by atoms with Gasteiger partial charge in [0.15, 0.2) is 0 Å². The quantitative estimate of drug-likeness (QED) is 0.784. The SMILES string of the molecule is CC(C)c1cnc(-c2cc(N)ccc2Cl)[nH]1. The first-order valence-corrected chi connectivity index (χ1v) is 5.56. The third kappa shape index (κ3) is 2.04. The van der Waals surface area contributed by atoms with Crippen molar-refractivity contribution in [3.8, 4) is 11.4 Å². The molecule has 0 saturated carbocycles. The van der Waals surface area contributed by atoms with Crippen molar-refractivity contribution in [2.45, 2.75) is 19.8 Å². The van der Waals surface area contributed by atoms with Gasteiger partial charge in [-0.1, -0.05) is 25.4 Å². The van der Waals surface area contributed by atoms with Gasteiger partial charge in [-0.25, -0.2) is 4.98 Å². The van der Waals surface area contributed by atoms with Gasteiger partial charge in [-0.05, 0) is 24.1 Å². The Morgan fingerprint density at radius 1 is 1.38 bits per heavy atom. The van der Waals surface area contributed by atoms with Gasteiger partial charge in [0.25, 0.3) is 0 Å². The van der Waals surface area contributed by atoms with Gasteiger partial charge in [0.2, 0.25) is 0 Å². The zero-order valence-corrected chi connectivity index (χ0v) is 10.0. The number of aromatic nitrogens is 2. The van der Waals surface area contributed by atoms with E-state index in [2.05, 4.69) is 23.8 Å². The molecule has 4 heteroatoms. The summed E-state index contributed by atoms with van der Waals surface area (Å²) in [5.41, 5.74) is 8.35. The van der Waals surface area contributed by atoms with Crippen LogP contribution in [0, 0.1) is 0 Å². The summed E-state index contributed by atoms with van der Waals surface area (Å²) < 4.78 is 0. The second-order valence-electron chi connectivity index (χ2n) is 4.08. The maximum atomic E-state index is 6.10. The molecule has 0 fully saturated rings. The summed E-state index contributed by atoms with van der Waals surface area (Å²) in [5, 5.41) is 0.652. The minimum Gasteiger partial charge on any atom is -0.399 e. The molecule has 0 aliphatic rings. The van der Waals surface area contributed by atoms with E-state index < -0.39 is 0 Å². The fraction of sp³-hybridized carbons (Fsp3) is 0.250. The van der Waals surface area contributed by atoms with Crippen LogP contribution < -0.4 is 5.73 Å². The number of nitrogens with two attached hydrogens (primary N) is 1. The lowest BCUT2D eigenvalue weighted by Crippen LogP contribution is -1.89. The van der Waals surface area contributed by atoms with Crippen molar-refractivity contribution in [2.24, 2.45) is 0 Å². The predicted octanol–water partition coefficient (Wildman–Crippen LogP) is 3.44. The molecule has 0 saturated heterocycles. The van der Waals surface area contributed by atoms with Crippen LogP contribution in [0.5, 0.6) is 0 Å². The van der Waals surface area contributed by atoms with Gasteiger partial charge in [-0.3, -0.25) is 0 Å². The van der Waals surface area contributed by atoms with Gasteiger partial charge < -0.3 is 10.7 Å². The molecule has 0 atom stereocenters. The Hall–Kier alpha value is -1.48. The molecule has 0 radical (unpaired) electrons. The van der Waals surface area contributed by atoms with Gasteiger partial charge in [-0.2, -0.15) is 0 Å². The van der Waals surface area contributed by atoms with Gasteiger partial charge >= 0.3 is 0 Å². The lowest BCUT2D eigenvalue weighted by Gasteiger charge is -2.03. The minimum absolute atomic E-state index is 0.418. The van der Waals surface area contributed by atoms with Crippen LogP contribution in [0.25, 0.3) is 11.4 Å². The van der Waals surface area contributed by atoms with Crippen molar-refractivity contribution in [2.75, 3.05) is 5.73 Å². The van der Waals surface area contributed by atoms with Crippen molar-refractivity contribution in [3.05, 3.63) is 35.1 Å². The standard InChI is InChI=1S/C12H14ClN3/c1-7(2)11-6-15-12(16-11)9-5-8(14)3-4-10(9)13/h3-7H,14H2,1-2H3,(H,15,16). The van der Waals surface area contributed by atoms with Gasteiger partial charge in [0.1, 0.15) is 5.82 Å². The fourth-order valence-corrected chi connectivity index (χ4v) is 1.70. The molecule has 0 aliphatic carbocycles. The van der Waals surface area contributed by atoms with Crippen molar-refractivity contribution < 1.29 is 0 Å². The number of hydrogen-bond donors (Lipinski definition) is 2. The molecule has 0 bridgehead atoms. The summed E-state index contributed by atoms with van der Waals surface area (Å²) in [4.78, 5) is 7.56. The second kappa shape index (κ2) is 4.18. The summed E-state index contributed by atoms with van der Waals surface area (Å²) >= 11 is 6.10. The zero-order chi connectivity index (χ0) is 11.7. The molecule has 3 N–H and O–H groups in total. The molecule has 1 aromatic carbocycles. The number of anilines is 1. The van der Waals surface area contributed by atoms with E-state index in [4.69, 9.17) is 17.3 Å². The number of nitrogens with zero attached hydrogens (tertiary/aromatic N) is 1. The fourth-order valence-electron chi connectivity index (χ4n) is 1.49. The summed E-state index contributed by atoms with van der Waals surface area (Å²) in [6.45, 7) is 4.22. The number of H-pyrrole nitrogens is 1. The van der Waals surface area contributed by atoms with Crippen LogP contribution in [-0.4, -0.2) is 9.97 Å². The van der Waals surface area contributed by atoms with Crippen molar-refractivity contribution in [1.29, 1.82) is 0 Å². The number of benzene rings is 1. The minimum atomic E-state index is 0.418. The van der Waals surface area contributed by atoms with E-state index in [0.717, 1.165) is 17.1 Å². The van der Waals surface area contributed by atoms with Crippen molar-refractivity contribution in [1.82, 2.24) is 9.97 Å². The highest BCUT2D eigenvalue weighted by Crippen LogP contribution is 2.28. The van der Waals surface area contributed by atoms with Crippen molar-refractivity contribution >= 4 is 17.3 Å².